The normalized spacial score (nSPS) is 15.6. The highest BCUT2D eigenvalue weighted by Gasteiger charge is 2.34. The first-order valence-corrected chi connectivity index (χ1v) is 11.1. The lowest BCUT2D eigenvalue weighted by Gasteiger charge is -2.14. The van der Waals surface area contributed by atoms with E-state index in [-0.39, 0.29) is 19.1 Å². The summed E-state index contributed by atoms with van der Waals surface area (Å²) in [6, 6.07) is 18.1. The Morgan fingerprint density at radius 3 is 2.62 bits per heavy atom. The Kier molecular flexibility index (Phi) is 7.20. The quantitative estimate of drug-likeness (QED) is 0.423. The van der Waals surface area contributed by atoms with Gasteiger partial charge in [0, 0.05) is 0 Å². The number of nitrogens with zero attached hydrogens (tertiary/aromatic N) is 3. The van der Waals surface area contributed by atoms with E-state index in [4.69, 9.17) is 28.9 Å². The molecule has 0 saturated carbocycles. The molecule has 0 unspecified atom stereocenters. The van der Waals surface area contributed by atoms with Gasteiger partial charge in [-0.3, -0.25) is 9.69 Å². The van der Waals surface area contributed by atoms with Crippen LogP contribution in [0.15, 0.2) is 75.2 Å². The van der Waals surface area contributed by atoms with Crippen LogP contribution in [0.4, 0.5) is 5.69 Å². The molecule has 0 spiro atoms. The van der Waals surface area contributed by atoms with E-state index in [9.17, 15) is 4.79 Å². The fourth-order valence-electron chi connectivity index (χ4n) is 3.21. The zero-order chi connectivity index (χ0) is 23.9. The average molecular weight is 476 g/mol. The number of carbonyl (C=O) groups excluding carboxylic acids is 1. The molecule has 3 aromatic rings. The first kappa shape index (κ1) is 23.0. The highest BCUT2D eigenvalue weighted by atomic mass is 32.2. The van der Waals surface area contributed by atoms with Gasteiger partial charge >= 0.3 is 0 Å². The lowest BCUT2D eigenvalue weighted by molar-refractivity contribution is -0.122. The van der Waals surface area contributed by atoms with Crippen molar-refractivity contribution in [2.24, 2.45) is 4.99 Å². The van der Waals surface area contributed by atoms with E-state index in [1.165, 1.54) is 18.9 Å². The molecular formula is C25H21N3O5S. The molecule has 1 fully saturated rings. The summed E-state index contributed by atoms with van der Waals surface area (Å²) >= 11 is 1.28. The van der Waals surface area contributed by atoms with Gasteiger partial charge in [-0.15, -0.1) is 0 Å². The van der Waals surface area contributed by atoms with Gasteiger partial charge < -0.3 is 18.6 Å². The van der Waals surface area contributed by atoms with Crippen molar-refractivity contribution < 1.29 is 23.4 Å². The number of aliphatic imine (C=N–C) groups is 1. The maximum atomic E-state index is 13.3. The van der Waals surface area contributed by atoms with Crippen LogP contribution in [0.25, 0.3) is 6.08 Å². The maximum absolute atomic E-state index is 13.3. The zero-order valence-corrected chi connectivity index (χ0v) is 19.4. The molecule has 0 bridgehead atoms. The van der Waals surface area contributed by atoms with E-state index >= 15 is 0 Å². The number of furan rings is 1. The summed E-state index contributed by atoms with van der Waals surface area (Å²) in [6.07, 6.45) is 3.34. The number of thioether (sulfide) groups is 1. The van der Waals surface area contributed by atoms with Crippen LogP contribution in [0, 0.1) is 11.3 Å². The molecular weight excluding hydrogens is 454 g/mol. The number of hydrogen-bond acceptors (Lipinski definition) is 8. The largest absolute Gasteiger partial charge is 0.497 e. The molecule has 2 heterocycles. The number of carbonyl (C=O) groups is 1. The summed E-state index contributed by atoms with van der Waals surface area (Å²) in [4.78, 5) is 20.1. The predicted molar refractivity (Wildman–Crippen MR) is 129 cm³/mol. The van der Waals surface area contributed by atoms with Crippen molar-refractivity contribution in [3.63, 3.8) is 0 Å². The molecule has 1 aromatic heterocycles. The van der Waals surface area contributed by atoms with Crippen LogP contribution in [-0.4, -0.2) is 36.8 Å². The molecule has 4 rings (SSSR count). The average Bonchev–Trinajstić information content (AvgIpc) is 3.48. The Balaban J connectivity index is 1.65. The maximum Gasteiger partial charge on any atom is 0.267 e. The first-order chi connectivity index (χ1) is 16.6. The SMILES string of the molecule is COc1ccc(N=C2S/C(=C\c3ccc(OCC#N)c(OC)c3)C(=O)N2Cc2ccco2)cc1. The van der Waals surface area contributed by atoms with Crippen LogP contribution in [0.3, 0.4) is 0 Å². The van der Waals surface area contributed by atoms with Crippen molar-refractivity contribution in [1.82, 2.24) is 4.90 Å². The number of benzene rings is 2. The molecule has 0 aliphatic carbocycles. The third kappa shape index (κ3) is 5.24. The van der Waals surface area contributed by atoms with Gasteiger partial charge in [0.25, 0.3) is 5.91 Å². The first-order valence-electron chi connectivity index (χ1n) is 10.3. The van der Waals surface area contributed by atoms with Crippen LogP contribution in [0.2, 0.25) is 0 Å². The van der Waals surface area contributed by atoms with E-state index in [0.29, 0.717) is 33.0 Å². The van der Waals surface area contributed by atoms with Crippen LogP contribution >= 0.6 is 11.8 Å². The van der Waals surface area contributed by atoms with Crippen molar-refractivity contribution in [3.05, 3.63) is 77.1 Å². The Morgan fingerprint density at radius 2 is 1.94 bits per heavy atom. The van der Waals surface area contributed by atoms with E-state index in [1.54, 1.807) is 48.6 Å². The summed E-state index contributed by atoms with van der Waals surface area (Å²) in [6.45, 7) is 0.174. The Bertz CT molecular complexity index is 1260. The standard InChI is InChI=1S/C25H21N3O5S/c1-30-19-8-6-18(7-9-19)27-25-28(16-20-4-3-12-32-20)24(29)23(34-25)15-17-5-10-21(33-13-11-26)22(14-17)31-2/h3-10,12,14-15H,13,16H2,1-2H3/b23-15-,27-25?. The van der Waals surface area contributed by atoms with Gasteiger partial charge in [0.2, 0.25) is 0 Å². The molecule has 1 aliphatic heterocycles. The smallest absolute Gasteiger partial charge is 0.267 e. The third-order valence-electron chi connectivity index (χ3n) is 4.86. The van der Waals surface area contributed by atoms with E-state index < -0.39 is 0 Å². The van der Waals surface area contributed by atoms with Crippen LogP contribution in [0.5, 0.6) is 17.2 Å². The third-order valence-corrected chi connectivity index (χ3v) is 5.86. The lowest BCUT2D eigenvalue weighted by atomic mass is 10.2. The highest BCUT2D eigenvalue weighted by Crippen LogP contribution is 2.37. The summed E-state index contributed by atoms with van der Waals surface area (Å²) in [5, 5.41) is 9.28. The molecule has 0 atom stereocenters. The number of ether oxygens (including phenoxy) is 3. The molecule has 1 saturated heterocycles. The molecule has 8 nitrogen and oxygen atoms in total. The fraction of sp³-hybridized carbons (Fsp3) is 0.160. The Hall–Kier alpha value is -4.16. The van der Waals surface area contributed by atoms with Gasteiger partial charge in [-0.2, -0.15) is 5.26 Å². The Morgan fingerprint density at radius 1 is 1.12 bits per heavy atom. The van der Waals surface area contributed by atoms with Crippen molar-refractivity contribution in [3.8, 4) is 23.3 Å². The molecule has 172 valence electrons. The van der Waals surface area contributed by atoms with Gasteiger partial charge in [-0.25, -0.2) is 4.99 Å². The van der Waals surface area contributed by atoms with Crippen LogP contribution in [0.1, 0.15) is 11.3 Å². The number of hydrogen-bond donors (Lipinski definition) is 0. The molecule has 1 amide bonds. The minimum absolute atomic E-state index is 0.0853. The topological polar surface area (TPSA) is 97.3 Å². The molecule has 0 N–H and O–H groups in total. The van der Waals surface area contributed by atoms with E-state index in [0.717, 1.165) is 11.3 Å². The number of methoxy groups -OCH3 is 2. The zero-order valence-electron chi connectivity index (χ0n) is 18.6. The van der Waals surface area contributed by atoms with Crippen LogP contribution in [-0.2, 0) is 11.3 Å². The second-order valence-corrected chi connectivity index (χ2v) is 8.04. The molecule has 9 heteroatoms. The van der Waals surface area contributed by atoms with Crippen molar-refractivity contribution >= 4 is 34.6 Å². The fourth-order valence-corrected chi connectivity index (χ4v) is 4.21. The summed E-state index contributed by atoms with van der Waals surface area (Å²) in [7, 11) is 3.12. The second kappa shape index (κ2) is 10.6. The lowest BCUT2D eigenvalue weighted by Crippen LogP contribution is -2.28. The number of nitriles is 1. The minimum atomic E-state index is -0.183. The van der Waals surface area contributed by atoms with Crippen molar-refractivity contribution in [2.75, 3.05) is 20.8 Å². The summed E-state index contributed by atoms with van der Waals surface area (Å²) < 4.78 is 21.4. The number of rotatable bonds is 8. The van der Waals surface area contributed by atoms with Gasteiger partial charge in [0.05, 0.1) is 37.6 Å². The predicted octanol–water partition coefficient (Wildman–Crippen LogP) is 5.00. The summed E-state index contributed by atoms with van der Waals surface area (Å²) in [5.74, 6) is 2.12. The van der Waals surface area contributed by atoms with Crippen molar-refractivity contribution in [2.45, 2.75) is 6.54 Å². The molecule has 1 aliphatic rings. The van der Waals surface area contributed by atoms with Gasteiger partial charge in [-0.1, -0.05) is 6.07 Å². The van der Waals surface area contributed by atoms with E-state index in [2.05, 4.69) is 0 Å². The Labute approximate surface area is 201 Å². The molecule has 34 heavy (non-hydrogen) atoms. The van der Waals surface area contributed by atoms with Crippen molar-refractivity contribution in [1.29, 1.82) is 5.26 Å². The minimum Gasteiger partial charge on any atom is -0.497 e. The second-order valence-electron chi connectivity index (χ2n) is 7.03. The van der Waals surface area contributed by atoms with Gasteiger partial charge in [-0.05, 0) is 71.9 Å². The van der Waals surface area contributed by atoms with E-state index in [1.807, 2.05) is 36.4 Å². The van der Waals surface area contributed by atoms with Gasteiger partial charge in [0.1, 0.15) is 17.6 Å². The highest BCUT2D eigenvalue weighted by molar-refractivity contribution is 8.18. The molecule has 2 aromatic carbocycles. The van der Waals surface area contributed by atoms with Crippen LogP contribution < -0.4 is 14.2 Å². The van der Waals surface area contributed by atoms with Gasteiger partial charge in [0.15, 0.2) is 23.3 Å². The molecule has 0 radical (unpaired) electrons. The summed E-state index contributed by atoms with van der Waals surface area (Å²) in [5.41, 5.74) is 1.45. The number of amidine groups is 1. The monoisotopic (exact) mass is 475 g/mol. The number of amides is 1.